The van der Waals surface area contributed by atoms with E-state index >= 15 is 0 Å². The fourth-order valence-electron chi connectivity index (χ4n) is 1.70. The molecule has 0 radical (unpaired) electrons. The predicted molar refractivity (Wildman–Crippen MR) is 72.4 cm³/mol. The molecule has 2 aromatic rings. The maximum Gasteiger partial charge on any atom is 0.310 e. The number of nitrogens with zero attached hydrogens (tertiary/aromatic N) is 1. The van der Waals surface area contributed by atoms with Gasteiger partial charge in [0.25, 0.3) is 5.91 Å². The largest absolute Gasteiger partial charge is 0.502 e. The van der Waals surface area contributed by atoms with Crippen molar-refractivity contribution < 1.29 is 14.8 Å². The van der Waals surface area contributed by atoms with E-state index in [1.807, 2.05) is 30.3 Å². The first-order chi connectivity index (χ1) is 9.58. The highest BCUT2D eigenvalue weighted by molar-refractivity contribution is 5.94. The molecule has 0 atom stereocenters. The van der Waals surface area contributed by atoms with Crippen molar-refractivity contribution >= 4 is 11.6 Å². The van der Waals surface area contributed by atoms with Gasteiger partial charge in [-0.15, -0.1) is 0 Å². The van der Waals surface area contributed by atoms with Gasteiger partial charge >= 0.3 is 5.69 Å². The van der Waals surface area contributed by atoms with E-state index in [-0.39, 0.29) is 5.56 Å². The third kappa shape index (κ3) is 3.11. The number of amides is 1. The second-order valence-electron chi connectivity index (χ2n) is 4.13. The van der Waals surface area contributed by atoms with Crippen LogP contribution in [0.15, 0.2) is 48.5 Å². The normalized spacial score (nSPS) is 10.0. The third-order valence-electron chi connectivity index (χ3n) is 2.73. The van der Waals surface area contributed by atoms with Gasteiger partial charge in [0, 0.05) is 18.2 Å². The third-order valence-corrected chi connectivity index (χ3v) is 2.73. The fraction of sp³-hybridized carbons (Fsp3) is 0.0714. The summed E-state index contributed by atoms with van der Waals surface area (Å²) in [4.78, 5) is 21.7. The summed E-state index contributed by atoms with van der Waals surface area (Å²) in [5.41, 5.74) is 0.681. The van der Waals surface area contributed by atoms with Crippen molar-refractivity contribution in [1.29, 1.82) is 0 Å². The molecule has 1 amide bonds. The molecular formula is C14H12N2O4. The molecule has 102 valence electrons. The van der Waals surface area contributed by atoms with Gasteiger partial charge in [-0.3, -0.25) is 14.9 Å². The molecule has 2 rings (SSSR count). The number of hydrogen-bond acceptors (Lipinski definition) is 4. The Morgan fingerprint density at radius 1 is 1.20 bits per heavy atom. The Hall–Kier alpha value is -2.89. The lowest BCUT2D eigenvalue weighted by molar-refractivity contribution is -0.385. The summed E-state index contributed by atoms with van der Waals surface area (Å²) in [7, 11) is 0. The van der Waals surface area contributed by atoms with Gasteiger partial charge in [0.1, 0.15) is 0 Å². The molecule has 6 heteroatoms. The van der Waals surface area contributed by atoms with Crippen molar-refractivity contribution in [3.05, 3.63) is 69.8 Å². The number of nitrogens with one attached hydrogen (secondary N) is 1. The molecule has 0 saturated heterocycles. The monoisotopic (exact) mass is 272 g/mol. The number of aromatic hydroxyl groups is 1. The summed E-state index contributed by atoms with van der Waals surface area (Å²) in [6.07, 6.45) is 0. The quantitative estimate of drug-likeness (QED) is 0.659. The maximum absolute atomic E-state index is 11.9. The summed E-state index contributed by atoms with van der Waals surface area (Å²) in [6.45, 7) is 0.345. The van der Waals surface area contributed by atoms with Crippen molar-refractivity contribution in [1.82, 2.24) is 5.32 Å². The van der Waals surface area contributed by atoms with Crippen LogP contribution in [0.1, 0.15) is 15.9 Å². The van der Waals surface area contributed by atoms with Gasteiger partial charge < -0.3 is 10.4 Å². The first-order valence-electron chi connectivity index (χ1n) is 5.87. The predicted octanol–water partition coefficient (Wildman–Crippen LogP) is 2.23. The van der Waals surface area contributed by atoms with Gasteiger partial charge in [-0.25, -0.2) is 0 Å². The van der Waals surface area contributed by atoms with Crippen LogP contribution in [0.5, 0.6) is 5.75 Å². The topological polar surface area (TPSA) is 92.5 Å². The molecule has 0 aromatic heterocycles. The molecule has 0 spiro atoms. The van der Waals surface area contributed by atoms with Crippen LogP contribution in [0.25, 0.3) is 0 Å². The van der Waals surface area contributed by atoms with Gasteiger partial charge in [0.05, 0.1) is 4.92 Å². The Labute approximate surface area is 114 Å². The summed E-state index contributed by atoms with van der Waals surface area (Å²) < 4.78 is 0. The van der Waals surface area contributed by atoms with Crippen LogP contribution in [0.4, 0.5) is 5.69 Å². The first kappa shape index (κ1) is 13.5. The lowest BCUT2D eigenvalue weighted by Gasteiger charge is -2.05. The van der Waals surface area contributed by atoms with Crippen LogP contribution < -0.4 is 5.32 Å². The molecule has 0 unspecified atom stereocenters. The van der Waals surface area contributed by atoms with E-state index in [2.05, 4.69) is 5.32 Å². The number of phenols is 1. The molecule has 0 aliphatic rings. The highest BCUT2D eigenvalue weighted by Gasteiger charge is 2.15. The number of rotatable bonds is 4. The standard InChI is InChI=1S/C14H12N2O4/c17-13-8-11(6-7-12(13)16(19)20)14(18)15-9-10-4-2-1-3-5-10/h1-8,17H,9H2,(H,15,18). The fourth-order valence-corrected chi connectivity index (χ4v) is 1.70. The number of benzene rings is 2. The van der Waals surface area contributed by atoms with E-state index in [0.29, 0.717) is 6.54 Å². The second-order valence-corrected chi connectivity index (χ2v) is 4.13. The average molecular weight is 272 g/mol. The van der Waals surface area contributed by atoms with Crippen molar-refractivity contribution in [2.45, 2.75) is 6.54 Å². The summed E-state index contributed by atoms with van der Waals surface area (Å²) in [5.74, 6) is -0.929. The van der Waals surface area contributed by atoms with Gasteiger partial charge in [0.2, 0.25) is 0 Å². The molecule has 0 heterocycles. The Balaban J connectivity index is 2.06. The van der Waals surface area contributed by atoms with Crippen LogP contribution in [-0.2, 0) is 6.54 Å². The molecular weight excluding hydrogens is 260 g/mol. The van der Waals surface area contributed by atoms with Crippen molar-refractivity contribution in [3.8, 4) is 5.75 Å². The van der Waals surface area contributed by atoms with Gasteiger partial charge in [0.15, 0.2) is 5.75 Å². The second kappa shape index (κ2) is 5.83. The zero-order valence-electron chi connectivity index (χ0n) is 10.4. The Morgan fingerprint density at radius 2 is 1.90 bits per heavy atom. The number of carbonyl (C=O) groups excluding carboxylic acids is 1. The number of nitro groups is 1. The van der Waals surface area contributed by atoms with Crippen molar-refractivity contribution in [2.24, 2.45) is 0 Å². The highest BCUT2D eigenvalue weighted by atomic mass is 16.6. The minimum absolute atomic E-state index is 0.170. The van der Waals surface area contributed by atoms with Crippen LogP contribution in [0.3, 0.4) is 0 Å². The van der Waals surface area contributed by atoms with Crippen molar-refractivity contribution in [2.75, 3.05) is 0 Å². The number of carbonyl (C=O) groups is 1. The van der Waals surface area contributed by atoms with Crippen LogP contribution in [-0.4, -0.2) is 15.9 Å². The smallest absolute Gasteiger partial charge is 0.310 e. The zero-order chi connectivity index (χ0) is 14.5. The molecule has 0 fully saturated rings. The highest BCUT2D eigenvalue weighted by Crippen LogP contribution is 2.26. The van der Waals surface area contributed by atoms with E-state index < -0.39 is 22.3 Å². The van der Waals surface area contributed by atoms with E-state index in [1.54, 1.807) is 0 Å². The molecule has 0 saturated carbocycles. The minimum Gasteiger partial charge on any atom is -0.502 e. The van der Waals surface area contributed by atoms with E-state index in [9.17, 15) is 20.0 Å². The zero-order valence-corrected chi connectivity index (χ0v) is 10.4. The minimum atomic E-state index is -0.707. The molecule has 20 heavy (non-hydrogen) atoms. The SMILES string of the molecule is O=C(NCc1ccccc1)c1ccc([N+](=O)[O-])c(O)c1. The molecule has 0 bridgehead atoms. The number of hydrogen-bond donors (Lipinski definition) is 2. The molecule has 2 aromatic carbocycles. The summed E-state index contributed by atoms with van der Waals surface area (Å²) >= 11 is 0. The Kier molecular flexibility index (Phi) is 3.95. The van der Waals surface area contributed by atoms with Crippen LogP contribution >= 0.6 is 0 Å². The maximum atomic E-state index is 11.9. The average Bonchev–Trinajstić information content (AvgIpc) is 2.45. The van der Waals surface area contributed by atoms with E-state index in [0.717, 1.165) is 17.7 Å². The molecule has 0 aliphatic carbocycles. The van der Waals surface area contributed by atoms with Crippen molar-refractivity contribution in [3.63, 3.8) is 0 Å². The lowest BCUT2D eigenvalue weighted by Crippen LogP contribution is -2.22. The summed E-state index contributed by atoms with van der Waals surface area (Å²) in [5, 5.41) is 22.7. The summed E-state index contributed by atoms with van der Waals surface area (Å²) in [6, 6.07) is 12.8. The molecule has 6 nitrogen and oxygen atoms in total. The Morgan fingerprint density at radius 3 is 2.50 bits per heavy atom. The molecule has 0 aliphatic heterocycles. The number of phenolic OH excluding ortho intramolecular Hbond substituents is 1. The van der Waals surface area contributed by atoms with E-state index in [4.69, 9.17) is 0 Å². The Bertz CT molecular complexity index is 641. The van der Waals surface area contributed by atoms with Gasteiger partial charge in [-0.05, 0) is 17.7 Å². The van der Waals surface area contributed by atoms with E-state index in [1.165, 1.54) is 6.07 Å². The number of nitro benzene ring substituents is 1. The van der Waals surface area contributed by atoms with Gasteiger partial charge in [-0.1, -0.05) is 30.3 Å². The van der Waals surface area contributed by atoms with Gasteiger partial charge in [-0.2, -0.15) is 0 Å². The van der Waals surface area contributed by atoms with Crippen LogP contribution in [0.2, 0.25) is 0 Å². The molecule has 2 N–H and O–H groups in total. The first-order valence-corrected chi connectivity index (χ1v) is 5.87. The lowest BCUT2D eigenvalue weighted by atomic mass is 10.1. The van der Waals surface area contributed by atoms with Crippen LogP contribution in [0, 0.1) is 10.1 Å².